The van der Waals surface area contributed by atoms with E-state index in [4.69, 9.17) is 0 Å². The Morgan fingerprint density at radius 1 is 1.12 bits per heavy atom. The van der Waals surface area contributed by atoms with Crippen LogP contribution in [-0.2, 0) is 0 Å². The highest BCUT2D eigenvalue weighted by molar-refractivity contribution is 5.93. The lowest BCUT2D eigenvalue weighted by Gasteiger charge is -2.22. The molecule has 0 radical (unpaired) electrons. The number of aromatic nitrogens is 2. The van der Waals surface area contributed by atoms with Crippen LogP contribution < -0.4 is 5.32 Å². The van der Waals surface area contributed by atoms with Gasteiger partial charge in [-0.15, -0.1) is 0 Å². The first-order valence-electron chi connectivity index (χ1n) is 9.01. The summed E-state index contributed by atoms with van der Waals surface area (Å²) >= 11 is 0. The molecule has 25 heavy (non-hydrogen) atoms. The monoisotopic (exact) mass is 340 g/mol. The number of carbonyl (C=O) groups excluding carboxylic acids is 1. The number of rotatable bonds is 8. The lowest BCUT2D eigenvalue weighted by molar-refractivity contribution is 0.0749. The average Bonchev–Trinajstić information content (AvgIpc) is 2.61. The third-order valence-corrected chi connectivity index (χ3v) is 4.00. The van der Waals surface area contributed by atoms with E-state index in [1.807, 2.05) is 30.0 Å². The van der Waals surface area contributed by atoms with E-state index in [0.717, 1.165) is 25.9 Å². The summed E-state index contributed by atoms with van der Waals surface area (Å²) in [6.07, 6.45) is 1.87. The number of nitrogens with one attached hydrogen (secondary N) is 1. The van der Waals surface area contributed by atoms with E-state index in [0.29, 0.717) is 17.3 Å². The van der Waals surface area contributed by atoms with Gasteiger partial charge in [0.1, 0.15) is 17.3 Å². The first-order valence-corrected chi connectivity index (χ1v) is 9.01. The molecule has 2 rings (SSSR count). The Labute approximate surface area is 150 Å². The van der Waals surface area contributed by atoms with Crippen LogP contribution in [0.5, 0.6) is 0 Å². The zero-order valence-electron chi connectivity index (χ0n) is 15.6. The lowest BCUT2D eigenvalue weighted by Crippen LogP contribution is -2.33. The van der Waals surface area contributed by atoms with Crippen molar-refractivity contribution in [2.45, 2.75) is 46.6 Å². The second kappa shape index (κ2) is 9.16. The molecule has 2 aromatic rings. The maximum Gasteiger partial charge on any atom is 0.272 e. The second-order valence-corrected chi connectivity index (χ2v) is 6.25. The molecule has 0 aliphatic rings. The Morgan fingerprint density at radius 3 is 2.36 bits per heavy atom. The zero-order chi connectivity index (χ0) is 18.2. The van der Waals surface area contributed by atoms with Gasteiger partial charge in [0.15, 0.2) is 0 Å². The molecule has 1 aromatic heterocycles. The van der Waals surface area contributed by atoms with Gasteiger partial charge in [-0.3, -0.25) is 4.79 Å². The van der Waals surface area contributed by atoms with Gasteiger partial charge in [-0.2, -0.15) is 0 Å². The van der Waals surface area contributed by atoms with E-state index in [9.17, 15) is 4.79 Å². The Balaban J connectivity index is 2.20. The van der Waals surface area contributed by atoms with Crippen molar-refractivity contribution in [2.75, 3.05) is 18.4 Å². The molecule has 0 fully saturated rings. The highest BCUT2D eigenvalue weighted by Crippen LogP contribution is 2.18. The van der Waals surface area contributed by atoms with Gasteiger partial charge in [-0.05, 0) is 32.3 Å². The van der Waals surface area contributed by atoms with Crippen LogP contribution in [0.25, 0.3) is 0 Å². The van der Waals surface area contributed by atoms with E-state index in [1.54, 1.807) is 6.07 Å². The van der Waals surface area contributed by atoms with Crippen LogP contribution in [0.2, 0.25) is 0 Å². The van der Waals surface area contributed by atoms with Crippen LogP contribution in [0.15, 0.2) is 36.4 Å². The quantitative estimate of drug-likeness (QED) is 0.781. The minimum absolute atomic E-state index is 0.0235. The highest BCUT2D eigenvalue weighted by Gasteiger charge is 2.18. The van der Waals surface area contributed by atoms with E-state index in [2.05, 4.69) is 48.2 Å². The van der Waals surface area contributed by atoms with Crippen molar-refractivity contribution < 1.29 is 4.79 Å². The molecule has 0 spiro atoms. The number of carbonyl (C=O) groups is 1. The topological polar surface area (TPSA) is 58.1 Å². The van der Waals surface area contributed by atoms with Gasteiger partial charge in [-0.1, -0.05) is 44.2 Å². The standard InChI is InChI=1S/C20H28N4O/c1-5-12-24(13-6-2)20(25)18-14-19(23-16(4)22-18)21-15(3)17-10-8-7-9-11-17/h7-11,14-15H,5-6,12-13H2,1-4H3,(H,21,22,23). The first-order chi connectivity index (χ1) is 12.0. The third-order valence-electron chi connectivity index (χ3n) is 4.00. The van der Waals surface area contributed by atoms with E-state index >= 15 is 0 Å². The van der Waals surface area contributed by atoms with Crippen LogP contribution in [0.4, 0.5) is 5.82 Å². The van der Waals surface area contributed by atoms with Crippen molar-refractivity contribution in [3.8, 4) is 0 Å². The summed E-state index contributed by atoms with van der Waals surface area (Å²) in [5, 5.41) is 3.38. The van der Waals surface area contributed by atoms with E-state index in [1.165, 1.54) is 5.56 Å². The van der Waals surface area contributed by atoms with Crippen LogP contribution >= 0.6 is 0 Å². The smallest absolute Gasteiger partial charge is 0.272 e. The van der Waals surface area contributed by atoms with Gasteiger partial charge in [-0.25, -0.2) is 9.97 Å². The molecular weight excluding hydrogens is 312 g/mol. The lowest BCUT2D eigenvalue weighted by atomic mass is 10.1. The van der Waals surface area contributed by atoms with Gasteiger partial charge in [0, 0.05) is 25.2 Å². The summed E-state index contributed by atoms with van der Waals surface area (Å²) in [7, 11) is 0. The summed E-state index contributed by atoms with van der Waals surface area (Å²) < 4.78 is 0. The molecule has 5 nitrogen and oxygen atoms in total. The Hall–Kier alpha value is -2.43. The number of benzene rings is 1. The summed E-state index contributed by atoms with van der Waals surface area (Å²) in [5.74, 6) is 1.26. The van der Waals surface area contributed by atoms with Gasteiger partial charge >= 0.3 is 0 Å². The normalized spacial score (nSPS) is 11.8. The minimum atomic E-state index is -0.0235. The maximum atomic E-state index is 12.8. The average molecular weight is 340 g/mol. The molecule has 134 valence electrons. The van der Waals surface area contributed by atoms with E-state index in [-0.39, 0.29) is 11.9 Å². The van der Waals surface area contributed by atoms with Crippen molar-refractivity contribution in [1.29, 1.82) is 0 Å². The van der Waals surface area contributed by atoms with Crippen LogP contribution in [0, 0.1) is 6.92 Å². The number of anilines is 1. The van der Waals surface area contributed by atoms with Crippen LogP contribution in [-0.4, -0.2) is 33.9 Å². The Bertz CT molecular complexity index is 681. The number of amides is 1. The largest absolute Gasteiger partial charge is 0.363 e. The second-order valence-electron chi connectivity index (χ2n) is 6.25. The van der Waals surface area contributed by atoms with Gasteiger partial charge < -0.3 is 10.2 Å². The Morgan fingerprint density at radius 2 is 1.76 bits per heavy atom. The summed E-state index contributed by atoms with van der Waals surface area (Å²) in [6, 6.07) is 12.0. The highest BCUT2D eigenvalue weighted by atomic mass is 16.2. The minimum Gasteiger partial charge on any atom is -0.363 e. The molecule has 0 bridgehead atoms. The maximum absolute atomic E-state index is 12.8. The molecule has 0 aliphatic carbocycles. The molecule has 5 heteroatoms. The molecule has 1 unspecified atom stereocenters. The fourth-order valence-corrected chi connectivity index (χ4v) is 2.81. The SMILES string of the molecule is CCCN(CCC)C(=O)c1cc(NC(C)c2ccccc2)nc(C)n1. The first kappa shape index (κ1) is 18.9. The number of nitrogens with zero attached hydrogens (tertiary/aromatic N) is 3. The summed E-state index contributed by atoms with van der Waals surface area (Å²) in [6.45, 7) is 9.55. The van der Waals surface area contributed by atoms with Gasteiger partial charge in [0.2, 0.25) is 0 Å². The molecule has 1 atom stereocenters. The summed E-state index contributed by atoms with van der Waals surface area (Å²) in [5.41, 5.74) is 1.63. The molecule has 0 aliphatic heterocycles. The van der Waals surface area contributed by atoms with Crippen molar-refractivity contribution in [3.63, 3.8) is 0 Å². The third kappa shape index (κ3) is 5.28. The van der Waals surface area contributed by atoms with Crippen LogP contribution in [0.1, 0.15) is 61.5 Å². The van der Waals surface area contributed by atoms with Crippen molar-refractivity contribution in [2.24, 2.45) is 0 Å². The molecule has 1 aromatic carbocycles. The number of aryl methyl sites for hydroxylation is 1. The Kier molecular flexibility index (Phi) is 6.92. The van der Waals surface area contributed by atoms with E-state index < -0.39 is 0 Å². The summed E-state index contributed by atoms with van der Waals surface area (Å²) in [4.78, 5) is 23.5. The van der Waals surface area contributed by atoms with Crippen molar-refractivity contribution in [1.82, 2.24) is 14.9 Å². The fraction of sp³-hybridized carbons (Fsp3) is 0.450. The van der Waals surface area contributed by atoms with Crippen LogP contribution in [0.3, 0.4) is 0 Å². The molecule has 1 N–H and O–H groups in total. The van der Waals surface area contributed by atoms with Crippen molar-refractivity contribution >= 4 is 11.7 Å². The molecule has 1 heterocycles. The van der Waals surface area contributed by atoms with Gasteiger partial charge in [0.25, 0.3) is 5.91 Å². The number of hydrogen-bond acceptors (Lipinski definition) is 4. The fourth-order valence-electron chi connectivity index (χ4n) is 2.81. The molecule has 0 saturated carbocycles. The zero-order valence-corrected chi connectivity index (χ0v) is 15.6. The molecule has 1 amide bonds. The number of hydrogen-bond donors (Lipinski definition) is 1. The predicted octanol–water partition coefficient (Wildman–Crippen LogP) is 4.22. The van der Waals surface area contributed by atoms with Crippen molar-refractivity contribution in [3.05, 3.63) is 53.5 Å². The molecular formula is C20H28N4O. The predicted molar refractivity (Wildman–Crippen MR) is 102 cm³/mol. The van der Waals surface area contributed by atoms with Gasteiger partial charge in [0.05, 0.1) is 0 Å². The molecule has 0 saturated heterocycles.